The molecule has 1 aromatic heterocycles. The molecule has 0 aromatic carbocycles. The van der Waals surface area contributed by atoms with Crippen molar-refractivity contribution in [2.45, 2.75) is 75.8 Å². The fourth-order valence-electron chi connectivity index (χ4n) is 4.96. The average molecular weight is 470 g/mol. The number of halogens is 1. The van der Waals surface area contributed by atoms with E-state index in [1.165, 1.54) is 44.4 Å². The van der Waals surface area contributed by atoms with Crippen LogP contribution in [-0.4, -0.2) is 34.9 Å². The minimum Gasteiger partial charge on any atom is -0.386 e. The first kappa shape index (κ1) is 25.6. The van der Waals surface area contributed by atoms with E-state index in [4.69, 9.17) is 11.5 Å². The lowest BCUT2D eigenvalue weighted by Crippen LogP contribution is -2.49. The molecule has 2 saturated carbocycles. The van der Waals surface area contributed by atoms with E-state index in [1.807, 2.05) is 0 Å². The molecule has 2 aliphatic rings. The Labute approximate surface area is 201 Å². The molecule has 184 valence electrons. The highest BCUT2D eigenvalue weighted by Crippen LogP contribution is 2.32. The molecule has 0 bridgehead atoms. The molecule has 2 fully saturated rings. The molecule has 2 aliphatic carbocycles. The first-order chi connectivity index (χ1) is 16.4. The van der Waals surface area contributed by atoms with Gasteiger partial charge >= 0.3 is 0 Å². The van der Waals surface area contributed by atoms with Gasteiger partial charge in [-0.2, -0.15) is 9.65 Å². The van der Waals surface area contributed by atoms with Crippen LogP contribution in [0.4, 0.5) is 10.1 Å². The highest BCUT2D eigenvalue weighted by molar-refractivity contribution is 6.04. The van der Waals surface area contributed by atoms with E-state index in [9.17, 15) is 14.4 Å². The predicted molar refractivity (Wildman–Crippen MR) is 130 cm³/mol. The average Bonchev–Trinajstić information content (AvgIpc) is 2.82. The van der Waals surface area contributed by atoms with Crippen molar-refractivity contribution in [3.63, 3.8) is 0 Å². The fraction of sp³-hybridized carbons (Fsp3) is 0.600. The van der Waals surface area contributed by atoms with Crippen molar-refractivity contribution in [2.75, 3.05) is 6.54 Å². The molecule has 0 radical (unpaired) electrons. The molecular weight excluding hydrogens is 433 g/mol. The number of nitrogens with one attached hydrogen (secondary N) is 2. The molecule has 6 N–H and O–H groups in total. The van der Waals surface area contributed by atoms with E-state index >= 15 is 0 Å². The summed E-state index contributed by atoms with van der Waals surface area (Å²) in [7, 11) is 0. The van der Waals surface area contributed by atoms with Crippen LogP contribution < -0.4 is 22.1 Å². The summed E-state index contributed by atoms with van der Waals surface area (Å²) < 4.78 is 13.3. The number of amides is 1. The molecule has 1 amide bonds. The summed E-state index contributed by atoms with van der Waals surface area (Å²) in [6, 6.07) is 5.38. The minimum absolute atomic E-state index is 0.0406. The Morgan fingerprint density at radius 1 is 1.29 bits per heavy atom. The summed E-state index contributed by atoms with van der Waals surface area (Å²) in [6.45, 7) is 1.09. The molecule has 0 saturated heterocycles. The number of nitrogens with two attached hydrogens (primary N) is 2. The van der Waals surface area contributed by atoms with Crippen LogP contribution in [0.25, 0.3) is 0 Å². The summed E-state index contributed by atoms with van der Waals surface area (Å²) in [5, 5.41) is 16.5. The number of aromatic nitrogens is 1. The van der Waals surface area contributed by atoms with Gasteiger partial charge in [0.15, 0.2) is 0 Å². The standard InChI is InChI=1S/C25H36FN7O/c26-22-16-20(8-14-30-22)33-23(28)21(24(29)34)9-15-32-25(12-13-27)10-6-19(7-11-25)31-17-18-4-2-1-3-5-18/h8-9,14-16,18-19,21,31-32H,1-7,10-12,17H2,(H2,29,34)(H2,28,30,33). The van der Waals surface area contributed by atoms with Gasteiger partial charge in [0.05, 0.1) is 18.2 Å². The SMILES string of the molecule is N#CCC1(NC=CC(C(N)=O)C(N)=Nc2ccnc(F)c2)CCC(NCC2CCCCC2)CC1. The number of nitrogens with zero attached hydrogens (tertiary/aromatic N) is 3. The van der Waals surface area contributed by atoms with Gasteiger partial charge in [-0.25, -0.2) is 9.98 Å². The van der Waals surface area contributed by atoms with E-state index in [0.29, 0.717) is 12.5 Å². The lowest BCUT2D eigenvalue weighted by molar-refractivity contribution is -0.118. The van der Waals surface area contributed by atoms with Crippen molar-refractivity contribution in [3.8, 4) is 6.07 Å². The number of carbonyl (C=O) groups excluding carboxylic acids is 1. The van der Waals surface area contributed by atoms with E-state index < -0.39 is 17.8 Å². The number of aliphatic imine (C=N–C) groups is 1. The van der Waals surface area contributed by atoms with Gasteiger partial charge in [0, 0.05) is 23.8 Å². The molecule has 0 spiro atoms. The topological polar surface area (TPSA) is 142 Å². The van der Waals surface area contributed by atoms with Gasteiger partial charge in [-0.15, -0.1) is 0 Å². The number of nitriles is 1. The zero-order valence-electron chi connectivity index (χ0n) is 19.7. The maximum Gasteiger partial charge on any atom is 0.232 e. The Morgan fingerprint density at radius 3 is 2.68 bits per heavy atom. The molecule has 0 aliphatic heterocycles. The number of primary amides is 1. The third-order valence-electron chi connectivity index (χ3n) is 7.05. The molecule has 1 aromatic rings. The lowest BCUT2D eigenvalue weighted by Gasteiger charge is -2.40. The summed E-state index contributed by atoms with van der Waals surface area (Å²) in [5.74, 6) is -1.57. The lowest BCUT2D eigenvalue weighted by atomic mass is 9.77. The number of hydrogen-bond donors (Lipinski definition) is 4. The van der Waals surface area contributed by atoms with Crippen LogP contribution in [0, 0.1) is 29.1 Å². The van der Waals surface area contributed by atoms with Gasteiger partial charge in [0.2, 0.25) is 11.9 Å². The summed E-state index contributed by atoms with van der Waals surface area (Å²) >= 11 is 0. The van der Waals surface area contributed by atoms with Gasteiger partial charge < -0.3 is 22.1 Å². The Balaban J connectivity index is 1.57. The van der Waals surface area contributed by atoms with Crippen molar-refractivity contribution in [1.29, 1.82) is 5.26 Å². The van der Waals surface area contributed by atoms with Gasteiger partial charge in [-0.1, -0.05) is 19.3 Å². The van der Waals surface area contributed by atoms with E-state index in [-0.39, 0.29) is 17.1 Å². The maximum atomic E-state index is 13.3. The van der Waals surface area contributed by atoms with Crippen molar-refractivity contribution in [1.82, 2.24) is 15.6 Å². The van der Waals surface area contributed by atoms with Gasteiger partial charge in [-0.05, 0) is 69.3 Å². The van der Waals surface area contributed by atoms with Gasteiger partial charge in [0.1, 0.15) is 11.8 Å². The van der Waals surface area contributed by atoms with Crippen LogP contribution >= 0.6 is 0 Å². The highest BCUT2D eigenvalue weighted by atomic mass is 19.1. The van der Waals surface area contributed by atoms with Crippen molar-refractivity contribution >= 4 is 17.4 Å². The molecular formula is C25H36FN7O. The molecule has 1 atom stereocenters. The van der Waals surface area contributed by atoms with E-state index in [2.05, 4.69) is 26.7 Å². The number of pyridine rings is 1. The zero-order chi connectivity index (χ0) is 24.4. The summed E-state index contributed by atoms with van der Waals surface area (Å²) in [5.41, 5.74) is 11.4. The Bertz CT molecular complexity index is 912. The van der Waals surface area contributed by atoms with Crippen molar-refractivity contribution in [2.24, 2.45) is 28.3 Å². The summed E-state index contributed by atoms with van der Waals surface area (Å²) in [6.07, 6.45) is 15.2. The molecule has 9 heteroatoms. The number of hydrogen-bond acceptors (Lipinski definition) is 6. The van der Waals surface area contributed by atoms with E-state index in [0.717, 1.165) is 44.2 Å². The van der Waals surface area contributed by atoms with Crippen LogP contribution in [0.1, 0.15) is 64.2 Å². The maximum absolute atomic E-state index is 13.3. The van der Waals surface area contributed by atoms with E-state index in [1.54, 1.807) is 12.3 Å². The smallest absolute Gasteiger partial charge is 0.232 e. The van der Waals surface area contributed by atoms with Crippen LogP contribution in [0.15, 0.2) is 35.6 Å². The van der Waals surface area contributed by atoms with Crippen molar-refractivity contribution < 1.29 is 9.18 Å². The number of carbonyl (C=O) groups is 1. The van der Waals surface area contributed by atoms with Crippen LogP contribution in [0.5, 0.6) is 0 Å². The second kappa shape index (κ2) is 12.5. The molecule has 1 heterocycles. The number of rotatable bonds is 10. The first-order valence-corrected chi connectivity index (χ1v) is 12.2. The first-order valence-electron chi connectivity index (χ1n) is 12.2. The second-order valence-electron chi connectivity index (χ2n) is 9.56. The highest BCUT2D eigenvalue weighted by Gasteiger charge is 2.34. The Kier molecular flexibility index (Phi) is 9.40. The Morgan fingerprint density at radius 2 is 2.03 bits per heavy atom. The third kappa shape index (κ3) is 7.52. The minimum atomic E-state index is -0.962. The van der Waals surface area contributed by atoms with Gasteiger partial charge in [0.25, 0.3) is 0 Å². The van der Waals surface area contributed by atoms with Gasteiger partial charge in [-0.3, -0.25) is 4.79 Å². The second-order valence-corrected chi connectivity index (χ2v) is 9.56. The Hall–Kier alpha value is -2.99. The molecule has 34 heavy (non-hydrogen) atoms. The largest absolute Gasteiger partial charge is 0.386 e. The molecule has 8 nitrogen and oxygen atoms in total. The molecule has 1 unspecified atom stereocenters. The normalized spacial score (nSPS) is 25.1. The summed E-state index contributed by atoms with van der Waals surface area (Å²) in [4.78, 5) is 19.5. The van der Waals surface area contributed by atoms with Crippen molar-refractivity contribution in [3.05, 3.63) is 36.6 Å². The fourth-order valence-corrected chi connectivity index (χ4v) is 4.96. The van der Waals surface area contributed by atoms with Crippen LogP contribution in [0.2, 0.25) is 0 Å². The predicted octanol–water partition coefficient (Wildman–Crippen LogP) is 3.18. The van der Waals surface area contributed by atoms with Crippen LogP contribution in [0.3, 0.4) is 0 Å². The number of amidine groups is 1. The third-order valence-corrected chi connectivity index (χ3v) is 7.05. The monoisotopic (exact) mass is 469 g/mol. The van der Waals surface area contributed by atoms with Crippen LogP contribution in [-0.2, 0) is 4.79 Å². The zero-order valence-corrected chi connectivity index (χ0v) is 19.7. The molecule has 3 rings (SSSR count). The quantitative estimate of drug-likeness (QED) is 0.235.